The van der Waals surface area contributed by atoms with Crippen LogP contribution in [0.4, 0.5) is 0 Å². The van der Waals surface area contributed by atoms with Gasteiger partial charge in [-0.2, -0.15) is 5.06 Å². The fourth-order valence-corrected chi connectivity index (χ4v) is 2.92. The molecule has 1 unspecified atom stereocenters. The summed E-state index contributed by atoms with van der Waals surface area (Å²) in [4.78, 5) is 5.94. The van der Waals surface area contributed by atoms with Gasteiger partial charge < -0.3 is 4.74 Å². The van der Waals surface area contributed by atoms with Crippen molar-refractivity contribution in [3.8, 4) is 0 Å². The van der Waals surface area contributed by atoms with Crippen LogP contribution in [0.2, 0.25) is 0 Å². The second kappa shape index (κ2) is 9.38. The first kappa shape index (κ1) is 18.4. The third-order valence-corrected chi connectivity index (χ3v) is 4.31. The number of ether oxygens (including phenoxy) is 1. The second-order valence-electron chi connectivity index (χ2n) is 6.13. The summed E-state index contributed by atoms with van der Waals surface area (Å²) in [6.45, 7) is 11.2. The number of halogens is 1. The topological polar surface area (TPSA) is 21.7 Å². The van der Waals surface area contributed by atoms with Gasteiger partial charge in [0.15, 0.2) is 0 Å². The molecule has 0 amide bonds. The highest BCUT2D eigenvalue weighted by atomic mass is 127. The Morgan fingerprint density at radius 2 is 1.95 bits per heavy atom. The minimum absolute atomic E-state index is 0.221. The molecule has 20 heavy (non-hydrogen) atoms. The van der Waals surface area contributed by atoms with Crippen LogP contribution < -0.4 is 0 Å². The Morgan fingerprint density at radius 3 is 2.45 bits per heavy atom. The van der Waals surface area contributed by atoms with E-state index in [2.05, 4.69) is 61.4 Å². The maximum absolute atomic E-state index is 6.23. The smallest absolute Gasteiger partial charge is 0.0969 e. The Balaban J connectivity index is 2.36. The van der Waals surface area contributed by atoms with E-state index in [-0.39, 0.29) is 5.60 Å². The molecular weight excluding hydrogens is 365 g/mol. The van der Waals surface area contributed by atoms with Gasteiger partial charge in [-0.05, 0) is 72.1 Å². The lowest BCUT2D eigenvalue weighted by Crippen LogP contribution is -2.39. The number of nitrogens with zero attached hydrogens (tertiary/aromatic N) is 1. The van der Waals surface area contributed by atoms with E-state index in [1.165, 1.54) is 3.58 Å². The molecule has 1 aliphatic carbocycles. The summed E-state index contributed by atoms with van der Waals surface area (Å²) in [6, 6.07) is 0. The first-order valence-electron chi connectivity index (χ1n) is 7.87. The van der Waals surface area contributed by atoms with E-state index < -0.39 is 0 Å². The van der Waals surface area contributed by atoms with Gasteiger partial charge in [0.25, 0.3) is 0 Å². The highest BCUT2D eigenvalue weighted by Crippen LogP contribution is 2.28. The lowest BCUT2D eigenvalue weighted by molar-refractivity contribution is -0.214. The molecule has 0 radical (unpaired) electrons. The summed E-state index contributed by atoms with van der Waals surface area (Å²) in [5.41, 5.74) is -0.221. The quantitative estimate of drug-likeness (QED) is 0.417. The van der Waals surface area contributed by atoms with Gasteiger partial charge in [0.2, 0.25) is 0 Å². The molecule has 0 fully saturated rings. The Kier molecular flexibility index (Phi) is 8.63. The zero-order chi connectivity index (χ0) is 15.0. The van der Waals surface area contributed by atoms with Crippen molar-refractivity contribution in [2.24, 2.45) is 0 Å². The lowest BCUT2D eigenvalue weighted by atomic mass is 10.0. The molecule has 1 aliphatic rings. The monoisotopic (exact) mass is 395 g/mol. The van der Waals surface area contributed by atoms with Gasteiger partial charge in [-0.1, -0.05) is 19.9 Å². The van der Waals surface area contributed by atoms with Crippen molar-refractivity contribution in [2.45, 2.75) is 71.5 Å². The molecule has 4 heteroatoms. The molecule has 0 saturated carbocycles. The van der Waals surface area contributed by atoms with Crippen molar-refractivity contribution in [3.05, 3.63) is 9.66 Å². The Bertz CT molecular complexity index is 299. The predicted octanol–water partition coefficient (Wildman–Crippen LogP) is 4.71. The minimum Gasteiger partial charge on any atom is -0.370 e. The first-order valence-corrected chi connectivity index (χ1v) is 8.95. The second-order valence-corrected chi connectivity index (χ2v) is 7.51. The van der Waals surface area contributed by atoms with Gasteiger partial charge in [-0.25, -0.2) is 0 Å². The molecule has 0 bridgehead atoms. The van der Waals surface area contributed by atoms with Crippen LogP contribution in [0.1, 0.15) is 59.8 Å². The fraction of sp³-hybridized carbons (Fsp3) is 0.875. The number of hydrogen-bond acceptors (Lipinski definition) is 3. The molecule has 1 atom stereocenters. The van der Waals surface area contributed by atoms with Crippen molar-refractivity contribution in [1.82, 2.24) is 5.06 Å². The molecule has 0 aromatic carbocycles. The Hall–Kier alpha value is 0.350. The summed E-state index contributed by atoms with van der Waals surface area (Å²) < 4.78 is 7.70. The van der Waals surface area contributed by atoms with E-state index in [0.29, 0.717) is 12.7 Å². The van der Waals surface area contributed by atoms with E-state index in [9.17, 15) is 0 Å². The molecule has 0 spiro atoms. The van der Waals surface area contributed by atoms with Crippen LogP contribution in [0.15, 0.2) is 9.66 Å². The molecule has 0 aromatic rings. The zero-order valence-corrected chi connectivity index (χ0v) is 15.6. The highest BCUT2D eigenvalue weighted by Gasteiger charge is 2.26. The van der Waals surface area contributed by atoms with Crippen LogP contribution in [-0.4, -0.2) is 36.5 Å². The highest BCUT2D eigenvalue weighted by molar-refractivity contribution is 14.1. The summed E-state index contributed by atoms with van der Waals surface area (Å²) in [5, 5.41) is 2.08. The molecule has 0 N–H and O–H groups in total. The average Bonchev–Trinajstić information content (AvgIpc) is 2.39. The first-order chi connectivity index (χ1) is 9.46. The van der Waals surface area contributed by atoms with Crippen molar-refractivity contribution >= 4 is 22.6 Å². The maximum atomic E-state index is 6.23. The largest absolute Gasteiger partial charge is 0.370 e. The standard InChI is InChI=1S/C16H30INO2/c1-5-11-18(12-6-2)19-13-16(3,4)20-15-9-7-14(17)8-10-15/h7,15H,5-6,8-13H2,1-4H3. The van der Waals surface area contributed by atoms with E-state index in [4.69, 9.17) is 9.57 Å². The average molecular weight is 395 g/mol. The minimum atomic E-state index is -0.221. The third kappa shape index (κ3) is 7.38. The van der Waals surface area contributed by atoms with Crippen molar-refractivity contribution in [2.75, 3.05) is 19.7 Å². The van der Waals surface area contributed by atoms with Crippen LogP contribution >= 0.6 is 22.6 Å². The van der Waals surface area contributed by atoms with E-state index in [1.54, 1.807) is 0 Å². The summed E-state index contributed by atoms with van der Waals surface area (Å²) in [6.07, 6.45) is 8.20. The van der Waals surface area contributed by atoms with Crippen LogP contribution in [0.3, 0.4) is 0 Å². The summed E-state index contributed by atoms with van der Waals surface area (Å²) in [5.74, 6) is 0. The van der Waals surface area contributed by atoms with E-state index in [0.717, 1.165) is 45.2 Å². The van der Waals surface area contributed by atoms with E-state index >= 15 is 0 Å². The summed E-state index contributed by atoms with van der Waals surface area (Å²) >= 11 is 2.42. The number of rotatable bonds is 9. The zero-order valence-electron chi connectivity index (χ0n) is 13.5. The van der Waals surface area contributed by atoms with Gasteiger partial charge >= 0.3 is 0 Å². The number of hydrogen-bond donors (Lipinski definition) is 0. The number of allylic oxidation sites excluding steroid dienone is 1. The number of hydroxylamine groups is 2. The third-order valence-electron chi connectivity index (χ3n) is 3.33. The normalized spacial score (nSPS) is 20.3. The van der Waals surface area contributed by atoms with Crippen LogP contribution in [-0.2, 0) is 9.57 Å². The van der Waals surface area contributed by atoms with Gasteiger partial charge in [0.05, 0.1) is 18.3 Å². The molecule has 118 valence electrons. The van der Waals surface area contributed by atoms with Gasteiger partial charge in [-0.15, -0.1) is 0 Å². The predicted molar refractivity (Wildman–Crippen MR) is 93.0 cm³/mol. The maximum Gasteiger partial charge on any atom is 0.0969 e. The van der Waals surface area contributed by atoms with Gasteiger partial charge in [0.1, 0.15) is 0 Å². The van der Waals surface area contributed by atoms with Crippen molar-refractivity contribution < 1.29 is 9.57 Å². The fourth-order valence-electron chi connectivity index (χ4n) is 2.36. The lowest BCUT2D eigenvalue weighted by Gasteiger charge is -2.33. The summed E-state index contributed by atoms with van der Waals surface area (Å²) in [7, 11) is 0. The van der Waals surface area contributed by atoms with Crippen molar-refractivity contribution in [1.29, 1.82) is 0 Å². The van der Waals surface area contributed by atoms with Gasteiger partial charge in [0, 0.05) is 13.1 Å². The van der Waals surface area contributed by atoms with Gasteiger partial charge in [-0.3, -0.25) is 4.84 Å². The molecule has 3 nitrogen and oxygen atoms in total. The van der Waals surface area contributed by atoms with Crippen LogP contribution in [0.5, 0.6) is 0 Å². The molecule has 0 aromatic heterocycles. The Morgan fingerprint density at radius 1 is 1.30 bits per heavy atom. The molecular formula is C16H30INO2. The van der Waals surface area contributed by atoms with Crippen LogP contribution in [0.25, 0.3) is 0 Å². The van der Waals surface area contributed by atoms with Crippen molar-refractivity contribution in [3.63, 3.8) is 0 Å². The molecule has 0 aliphatic heterocycles. The molecule has 1 rings (SSSR count). The van der Waals surface area contributed by atoms with E-state index in [1.807, 2.05) is 0 Å². The van der Waals surface area contributed by atoms with Crippen LogP contribution in [0, 0.1) is 0 Å². The molecule has 0 heterocycles. The SMILES string of the molecule is CCCN(CCC)OCC(C)(C)OC1CC=C(I)CC1. The molecule has 0 saturated heterocycles. The Labute approximate surface area is 138 Å².